The fourth-order valence-corrected chi connectivity index (χ4v) is 5.17. The fourth-order valence-electron chi connectivity index (χ4n) is 3.61. The van der Waals surface area contributed by atoms with E-state index in [-0.39, 0.29) is 6.42 Å². The molecular weight excluding hydrogens is 467 g/mol. The lowest BCUT2D eigenvalue weighted by Gasteiger charge is -2.31. The van der Waals surface area contributed by atoms with Gasteiger partial charge in [0, 0.05) is 16.4 Å². The van der Waals surface area contributed by atoms with Crippen LogP contribution in [0.25, 0.3) is 0 Å². The Kier molecular flexibility index (Phi) is 7.94. The predicted octanol–water partition coefficient (Wildman–Crippen LogP) is 6.41. The van der Waals surface area contributed by atoms with Gasteiger partial charge < -0.3 is 9.47 Å². The Morgan fingerprint density at radius 2 is 1.25 bits per heavy atom. The average molecular weight is 500 g/mol. The first-order valence-corrected chi connectivity index (χ1v) is 11.4. The molecule has 1 aliphatic carbocycles. The van der Waals surface area contributed by atoms with Gasteiger partial charge in [0.05, 0.1) is 0 Å². The number of esters is 2. The van der Waals surface area contributed by atoms with E-state index in [1.807, 2.05) is 0 Å². The number of hydrogen-bond donors (Lipinski definition) is 0. The molecule has 0 amide bonds. The van der Waals surface area contributed by atoms with Crippen molar-refractivity contribution in [3.63, 3.8) is 0 Å². The highest BCUT2D eigenvalue weighted by Crippen LogP contribution is 2.37. The second-order valence-corrected chi connectivity index (χ2v) is 9.80. The van der Waals surface area contributed by atoms with E-state index in [0.29, 0.717) is 30.6 Å². The molecule has 2 aliphatic rings. The Morgan fingerprint density at radius 1 is 0.821 bits per heavy atom. The Morgan fingerprint density at radius 3 is 1.61 bits per heavy atom. The summed E-state index contributed by atoms with van der Waals surface area (Å²) >= 11 is 2.51. The molecule has 2 fully saturated rings. The van der Waals surface area contributed by atoms with E-state index in [1.54, 1.807) is 0 Å². The molecule has 4 nitrogen and oxygen atoms in total. The van der Waals surface area contributed by atoms with E-state index in [4.69, 9.17) is 9.47 Å². The highest BCUT2D eigenvalue weighted by Gasteiger charge is 2.45. The summed E-state index contributed by atoms with van der Waals surface area (Å²) < 4.78 is 11.5. The lowest BCUT2D eigenvalue weighted by Crippen LogP contribution is -2.42. The van der Waals surface area contributed by atoms with Gasteiger partial charge in [-0.15, -0.1) is 0 Å². The molecule has 1 aromatic rings. The third-order valence-electron chi connectivity index (χ3n) is 5.32. The van der Waals surface area contributed by atoms with Gasteiger partial charge in [0.15, 0.2) is 0 Å². The SMILES string of the molecule is CC(C)c1cc(C(C)C)c(I)c(C(C)C)c1.O=C1CC(=O)OC2(CCCC2)O1. The Labute approximate surface area is 182 Å². The number of halogens is 1. The van der Waals surface area contributed by atoms with Crippen LogP contribution >= 0.6 is 22.6 Å². The van der Waals surface area contributed by atoms with Gasteiger partial charge in [-0.3, -0.25) is 9.59 Å². The van der Waals surface area contributed by atoms with Crippen LogP contribution in [-0.4, -0.2) is 17.7 Å². The topological polar surface area (TPSA) is 52.6 Å². The lowest BCUT2D eigenvalue weighted by molar-refractivity contribution is -0.241. The first kappa shape index (κ1) is 23.2. The van der Waals surface area contributed by atoms with Gasteiger partial charge >= 0.3 is 11.9 Å². The maximum absolute atomic E-state index is 10.9. The van der Waals surface area contributed by atoms with Crippen LogP contribution < -0.4 is 0 Å². The molecule has 0 N–H and O–H groups in total. The Bertz CT molecular complexity index is 668. The van der Waals surface area contributed by atoms with Gasteiger partial charge in [0.25, 0.3) is 5.79 Å². The monoisotopic (exact) mass is 500 g/mol. The number of benzene rings is 1. The Hall–Kier alpha value is -1.11. The van der Waals surface area contributed by atoms with Gasteiger partial charge in [0.2, 0.25) is 0 Å². The van der Waals surface area contributed by atoms with Crippen molar-refractivity contribution in [1.82, 2.24) is 0 Å². The van der Waals surface area contributed by atoms with E-state index in [0.717, 1.165) is 12.8 Å². The molecule has 1 aliphatic heterocycles. The molecule has 5 heteroatoms. The van der Waals surface area contributed by atoms with Crippen molar-refractivity contribution in [3.8, 4) is 0 Å². The smallest absolute Gasteiger partial charge is 0.320 e. The van der Waals surface area contributed by atoms with Crippen LogP contribution in [0.3, 0.4) is 0 Å². The van der Waals surface area contributed by atoms with Gasteiger partial charge in [0.1, 0.15) is 6.42 Å². The van der Waals surface area contributed by atoms with Crippen LogP contribution in [0.2, 0.25) is 0 Å². The molecule has 0 atom stereocenters. The summed E-state index contributed by atoms with van der Waals surface area (Å²) in [5, 5.41) is 0. The molecular formula is C23H33IO4. The highest BCUT2D eigenvalue weighted by atomic mass is 127. The molecule has 3 rings (SSSR count). The van der Waals surface area contributed by atoms with Crippen molar-refractivity contribution in [2.45, 2.75) is 97.2 Å². The van der Waals surface area contributed by atoms with Crippen LogP contribution in [0.5, 0.6) is 0 Å². The summed E-state index contributed by atoms with van der Waals surface area (Å²) in [6.45, 7) is 13.7. The Balaban J connectivity index is 0.000000207. The second kappa shape index (κ2) is 9.59. The molecule has 0 radical (unpaired) electrons. The molecule has 156 valence electrons. The minimum absolute atomic E-state index is 0.234. The largest absolute Gasteiger partial charge is 0.422 e. The molecule has 28 heavy (non-hydrogen) atoms. The first-order valence-electron chi connectivity index (χ1n) is 10.3. The summed E-state index contributed by atoms with van der Waals surface area (Å²) in [6.07, 6.45) is 3.00. The summed E-state index contributed by atoms with van der Waals surface area (Å²) in [5.41, 5.74) is 4.50. The zero-order valence-corrected chi connectivity index (χ0v) is 20.1. The molecule has 1 heterocycles. The average Bonchev–Trinajstić information content (AvgIpc) is 3.00. The maximum atomic E-state index is 10.9. The summed E-state index contributed by atoms with van der Waals surface area (Å²) in [5.74, 6) is 0.0615. The molecule has 1 saturated heterocycles. The number of carbonyl (C=O) groups is 2. The van der Waals surface area contributed by atoms with Gasteiger partial charge in [-0.05, 0) is 69.9 Å². The molecule has 0 bridgehead atoms. The molecule has 0 unspecified atom stereocenters. The summed E-state index contributed by atoms with van der Waals surface area (Å²) in [7, 11) is 0. The quantitative estimate of drug-likeness (QED) is 0.274. The summed E-state index contributed by atoms with van der Waals surface area (Å²) in [6, 6.07) is 4.78. The lowest BCUT2D eigenvalue weighted by atomic mass is 9.90. The van der Waals surface area contributed by atoms with Crippen molar-refractivity contribution in [2.75, 3.05) is 0 Å². The van der Waals surface area contributed by atoms with E-state index in [9.17, 15) is 9.59 Å². The van der Waals surface area contributed by atoms with Crippen LogP contribution in [0.1, 0.15) is 108 Å². The van der Waals surface area contributed by atoms with Crippen molar-refractivity contribution < 1.29 is 19.1 Å². The fraction of sp³-hybridized carbons (Fsp3) is 0.652. The van der Waals surface area contributed by atoms with Crippen LogP contribution in [0, 0.1) is 3.57 Å². The van der Waals surface area contributed by atoms with E-state index < -0.39 is 17.7 Å². The van der Waals surface area contributed by atoms with Gasteiger partial charge in [-0.1, -0.05) is 53.7 Å². The van der Waals surface area contributed by atoms with Gasteiger partial charge in [-0.2, -0.15) is 0 Å². The van der Waals surface area contributed by atoms with E-state index in [2.05, 4.69) is 76.3 Å². The standard InChI is InChI=1S/C15H23I.C8H10O4/c1-9(2)12-7-13(10(3)4)15(16)14(8-12)11(5)6;9-6-5-7(10)12-8(11-6)3-1-2-4-8/h7-11H,1-6H3;1-5H2. The maximum Gasteiger partial charge on any atom is 0.320 e. The molecule has 1 aromatic carbocycles. The summed E-state index contributed by atoms with van der Waals surface area (Å²) in [4.78, 5) is 21.8. The third-order valence-corrected chi connectivity index (χ3v) is 6.56. The van der Waals surface area contributed by atoms with Crippen molar-refractivity contribution in [3.05, 3.63) is 32.4 Å². The van der Waals surface area contributed by atoms with E-state index >= 15 is 0 Å². The molecule has 1 saturated carbocycles. The van der Waals surface area contributed by atoms with E-state index in [1.165, 1.54) is 20.3 Å². The van der Waals surface area contributed by atoms with Crippen LogP contribution in [0.4, 0.5) is 0 Å². The zero-order chi connectivity index (χ0) is 21.1. The predicted molar refractivity (Wildman–Crippen MR) is 119 cm³/mol. The third kappa shape index (κ3) is 5.71. The van der Waals surface area contributed by atoms with Crippen LogP contribution in [0.15, 0.2) is 12.1 Å². The minimum atomic E-state index is -0.883. The van der Waals surface area contributed by atoms with Crippen LogP contribution in [-0.2, 0) is 19.1 Å². The zero-order valence-electron chi connectivity index (χ0n) is 17.9. The van der Waals surface area contributed by atoms with Crippen molar-refractivity contribution in [2.24, 2.45) is 0 Å². The number of rotatable bonds is 3. The minimum Gasteiger partial charge on any atom is -0.422 e. The van der Waals surface area contributed by atoms with Crippen molar-refractivity contribution in [1.29, 1.82) is 0 Å². The molecule has 1 spiro atoms. The first-order chi connectivity index (χ1) is 13.0. The van der Waals surface area contributed by atoms with Gasteiger partial charge in [-0.25, -0.2) is 0 Å². The normalized spacial score (nSPS) is 18.4. The van der Waals surface area contributed by atoms with Crippen molar-refractivity contribution >= 4 is 34.5 Å². The highest BCUT2D eigenvalue weighted by molar-refractivity contribution is 14.1. The molecule has 0 aromatic heterocycles. The number of hydrogen-bond acceptors (Lipinski definition) is 4. The number of carbonyl (C=O) groups excluding carboxylic acids is 2. The number of ether oxygens (including phenoxy) is 2. The second-order valence-electron chi connectivity index (χ2n) is 8.72.